The minimum Gasteiger partial charge on any atom is -0.311 e. The molecule has 0 radical (unpaired) electrons. The van der Waals surface area contributed by atoms with Gasteiger partial charge >= 0.3 is 0 Å². The van der Waals surface area contributed by atoms with Crippen molar-refractivity contribution in [1.82, 2.24) is 14.5 Å². The van der Waals surface area contributed by atoms with Gasteiger partial charge in [0.25, 0.3) is 0 Å². The summed E-state index contributed by atoms with van der Waals surface area (Å²) in [6.45, 7) is 3.10. The fourth-order valence-corrected chi connectivity index (χ4v) is 4.04. The number of alkyl halides is 1. The molecule has 0 spiro atoms. The highest BCUT2D eigenvalue weighted by atomic mass is 35.5. The monoisotopic (exact) mass is 309 g/mol. The number of nitrogens with zero attached hydrogens (tertiary/aromatic N) is 3. The molecule has 3 nitrogen and oxygen atoms in total. The number of hydrogen-bond acceptors (Lipinski definition) is 3. The van der Waals surface area contributed by atoms with E-state index in [-0.39, 0.29) is 0 Å². The van der Waals surface area contributed by atoms with E-state index < -0.39 is 0 Å². The summed E-state index contributed by atoms with van der Waals surface area (Å²) in [7, 11) is 0. The SMILES string of the molecule is CSC1(Cn2c(CCCl)nc3c(C)ccnc32)CCC1. The number of thioether (sulfide) groups is 1. The van der Waals surface area contributed by atoms with Gasteiger partial charge in [-0.2, -0.15) is 11.8 Å². The largest absolute Gasteiger partial charge is 0.311 e. The average Bonchev–Trinajstić information content (AvgIpc) is 2.74. The van der Waals surface area contributed by atoms with Crippen LogP contribution in [0.2, 0.25) is 0 Å². The maximum atomic E-state index is 5.95. The van der Waals surface area contributed by atoms with Crippen LogP contribution in [-0.4, -0.2) is 31.4 Å². The second-order valence-electron chi connectivity index (χ2n) is 5.59. The van der Waals surface area contributed by atoms with Crippen molar-refractivity contribution in [3.05, 3.63) is 23.7 Å². The first-order chi connectivity index (χ1) is 9.69. The molecule has 3 rings (SSSR count). The lowest BCUT2D eigenvalue weighted by Crippen LogP contribution is -2.38. The van der Waals surface area contributed by atoms with Crippen molar-refractivity contribution < 1.29 is 0 Å². The Labute approximate surface area is 129 Å². The van der Waals surface area contributed by atoms with Gasteiger partial charge in [-0.15, -0.1) is 11.6 Å². The molecule has 108 valence electrons. The zero-order chi connectivity index (χ0) is 14.2. The topological polar surface area (TPSA) is 30.7 Å². The Bertz CT molecular complexity index is 613. The number of aryl methyl sites for hydroxylation is 2. The molecule has 0 atom stereocenters. The number of pyridine rings is 1. The normalized spacial score (nSPS) is 17.4. The molecule has 1 aliphatic rings. The summed E-state index contributed by atoms with van der Waals surface area (Å²) in [6.07, 6.45) is 8.83. The highest BCUT2D eigenvalue weighted by Gasteiger charge is 2.37. The zero-order valence-electron chi connectivity index (χ0n) is 12.0. The molecule has 0 bridgehead atoms. The molecule has 0 unspecified atom stereocenters. The van der Waals surface area contributed by atoms with Gasteiger partial charge in [-0.25, -0.2) is 9.97 Å². The van der Waals surface area contributed by atoms with E-state index in [9.17, 15) is 0 Å². The molecule has 2 aromatic heterocycles. The zero-order valence-corrected chi connectivity index (χ0v) is 13.6. The minimum absolute atomic E-state index is 0.375. The van der Waals surface area contributed by atoms with Gasteiger partial charge < -0.3 is 4.57 Å². The van der Waals surface area contributed by atoms with Crippen LogP contribution in [0.25, 0.3) is 11.2 Å². The summed E-state index contributed by atoms with van der Waals surface area (Å²) in [5, 5.41) is 0. The third-order valence-corrected chi connectivity index (χ3v) is 5.97. The molecule has 0 aliphatic heterocycles. The van der Waals surface area contributed by atoms with Crippen LogP contribution in [0.15, 0.2) is 12.3 Å². The maximum absolute atomic E-state index is 5.95. The van der Waals surface area contributed by atoms with Crippen molar-refractivity contribution >= 4 is 34.5 Å². The average molecular weight is 310 g/mol. The summed E-state index contributed by atoms with van der Waals surface area (Å²) in [4.78, 5) is 9.36. The highest BCUT2D eigenvalue weighted by Crippen LogP contribution is 2.44. The molecule has 2 aromatic rings. The van der Waals surface area contributed by atoms with Gasteiger partial charge in [-0.05, 0) is 37.7 Å². The molecular formula is C15H20ClN3S. The van der Waals surface area contributed by atoms with E-state index in [0.29, 0.717) is 10.6 Å². The number of aromatic nitrogens is 3. The van der Waals surface area contributed by atoms with E-state index in [1.165, 1.54) is 24.8 Å². The number of hydrogen-bond donors (Lipinski definition) is 0. The summed E-state index contributed by atoms with van der Waals surface area (Å²) in [6, 6.07) is 2.03. The van der Waals surface area contributed by atoms with Crippen LogP contribution in [0.5, 0.6) is 0 Å². The third-order valence-electron chi connectivity index (χ3n) is 4.38. The van der Waals surface area contributed by atoms with Gasteiger partial charge in [0.05, 0.1) is 0 Å². The fourth-order valence-electron chi connectivity index (χ4n) is 2.91. The Morgan fingerprint density at radius 2 is 2.25 bits per heavy atom. The van der Waals surface area contributed by atoms with E-state index >= 15 is 0 Å². The molecule has 5 heteroatoms. The molecule has 1 aliphatic carbocycles. The van der Waals surface area contributed by atoms with Crippen LogP contribution in [0.3, 0.4) is 0 Å². The van der Waals surface area contributed by atoms with Gasteiger partial charge in [0.1, 0.15) is 11.3 Å². The van der Waals surface area contributed by atoms with Gasteiger partial charge in [-0.3, -0.25) is 0 Å². The fraction of sp³-hybridized carbons (Fsp3) is 0.600. The first kappa shape index (κ1) is 14.2. The second-order valence-corrected chi connectivity index (χ2v) is 7.25. The van der Waals surface area contributed by atoms with Crippen molar-refractivity contribution in [2.45, 2.75) is 43.9 Å². The molecular weight excluding hydrogens is 290 g/mol. The molecule has 20 heavy (non-hydrogen) atoms. The Balaban J connectivity index is 2.07. The van der Waals surface area contributed by atoms with E-state index in [4.69, 9.17) is 16.6 Å². The number of fused-ring (bicyclic) bond motifs is 1. The van der Waals surface area contributed by atoms with Crippen LogP contribution < -0.4 is 0 Å². The van der Waals surface area contributed by atoms with Crippen LogP contribution in [0, 0.1) is 6.92 Å². The van der Waals surface area contributed by atoms with E-state index in [0.717, 1.165) is 30.0 Å². The second kappa shape index (κ2) is 5.57. The summed E-state index contributed by atoms with van der Waals surface area (Å²) < 4.78 is 2.68. The van der Waals surface area contributed by atoms with Crippen molar-refractivity contribution in [1.29, 1.82) is 0 Å². The smallest absolute Gasteiger partial charge is 0.160 e. The summed E-state index contributed by atoms with van der Waals surface area (Å²) >= 11 is 7.94. The van der Waals surface area contributed by atoms with Gasteiger partial charge in [0.2, 0.25) is 0 Å². The summed E-state index contributed by atoms with van der Waals surface area (Å²) in [5.74, 6) is 1.69. The Morgan fingerprint density at radius 3 is 2.85 bits per heavy atom. The van der Waals surface area contributed by atoms with E-state index in [2.05, 4.69) is 22.7 Å². The lowest BCUT2D eigenvalue weighted by atomic mass is 9.84. The molecule has 0 N–H and O–H groups in total. The van der Waals surface area contributed by atoms with Crippen LogP contribution >= 0.6 is 23.4 Å². The van der Waals surface area contributed by atoms with Crippen molar-refractivity contribution in [2.24, 2.45) is 0 Å². The Kier molecular flexibility index (Phi) is 3.95. The van der Waals surface area contributed by atoms with Crippen molar-refractivity contribution in [2.75, 3.05) is 12.1 Å². The van der Waals surface area contributed by atoms with Gasteiger partial charge in [0.15, 0.2) is 5.65 Å². The van der Waals surface area contributed by atoms with Crippen molar-refractivity contribution in [3.8, 4) is 0 Å². The minimum atomic E-state index is 0.375. The van der Waals surface area contributed by atoms with E-state index in [1.54, 1.807) is 0 Å². The molecule has 0 aromatic carbocycles. The number of halogens is 1. The van der Waals surface area contributed by atoms with Gasteiger partial charge in [-0.1, -0.05) is 6.42 Å². The molecule has 1 fully saturated rings. The lowest BCUT2D eigenvalue weighted by molar-refractivity contribution is 0.321. The Morgan fingerprint density at radius 1 is 1.45 bits per heavy atom. The standard InChI is InChI=1S/C15H20ClN3S/c1-11-5-9-17-14-13(11)18-12(4-8-16)19(14)10-15(20-2)6-3-7-15/h5,9H,3-4,6-8,10H2,1-2H3. The summed E-state index contributed by atoms with van der Waals surface area (Å²) in [5.41, 5.74) is 3.24. The molecule has 1 saturated carbocycles. The highest BCUT2D eigenvalue weighted by molar-refractivity contribution is 8.00. The first-order valence-electron chi connectivity index (χ1n) is 7.11. The maximum Gasteiger partial charge on any atom is 0.160 e. The molecule has 2 heterocycles. The van der Waals surface area contributed by atoms with Crippen LogP contribution in [0.1, 0.15) is 30.7 Å². The molecule has 0 amide bonds. The lowest BCUT2D eigenvalue weighted by Gasteiger charge is -2.41. The molecule has 0 saturated heterocycles. The predicted molar refractivity (Wildman–Crippen MR) is 86.8 cm³/mol. The third kappa shape index (κ3) is 2.33. The van der Waals surface area contributed by atoms with Crippen LogP contribution in [-0.2, 0) is 13.0 Å². The van der Waals surface area contributed by atoms with E-state index in [1.807, 2.05) is 24.0 Å². The first-order valence-corrected chi connectivity index (χ1v) is 8.87. The Hall–Kier alpha value is -0.740. The van der Waals surface area contributed by atoms with Crippen LogP contribution in [0.4, 0.5) is 0 Å². The number of imidazole rings is 1. The van der Waals surface area contributed by atoms with Crippen molar-refractivity contribution in [3.63, 3.8) is 0 Å². The quantitative estimate of drug-likeness (QED) is 0.787. The number of rotatable bonds is 5. The van der Waals surface area contributed by atoms with Gasteiger partial charge in [0, 0.05) is 29.8 Å². The predicted octanol–water partition coefficient (Wildman–Crippen LogP) is 3.81.